The molecule has 0 atom stereocenters. The molecule has 4 nitrogen and oxygen atoms in total. The molecule has 0 aliphatic carbocycles. The first kappa shape index (κ1) is 14.3. The minimum absolute atomic E-state index is 0.0185. The number of anilines is 1. The van der Waals surface area contributed by atoms with Gasteiger partial charge in [-0.3, -0.25) is 15.6 Å². The van der Waals surface area contributed by atoms with Crippen molar-refractivity contribution in [2.24, 2.45) is 0 Å². The van der Waals surface area contributed by atoms with Crippen LogP contribution in [0.1, 0.15) is 19.8 Å². The van der Waals surface area contributed by atoms with Crippen molar-refractivity contribution in [3.05, 3.63) is 29.8 Å². The van der Waals surface area contributed by atoms with Crippen LogP contribution in [-0.4, -0.2) is 11.0 Å². The number of rotatable bonds is 3. The van der Waals surface area contributed by atoms with Crippen LogP contribution in [-0.2, 0) is 4.79 Å². The van der Waals surface area contributed by atoms with Crippen molar-refractivity contribution < 1.29 is 13.6 Å². The summed E-state index contributed by atoms with van der Waals surface area (Å²) in [5.41, 5.74) is 4.79. The number of amides is 1. The Morgan fingerprint density at radius 2 is 2.06 bits per heavy atom. The van der Waals surface area contributed by atoms with Crippen LogP contribution < -0.4 is 16.2 Å². The van der Waals surface area contributed by atoms with Gasteiger partial charge in [0.2, 0.25) is 5.91 Å². The standard InChI is InChI=1S/C11H13F2N3OS/c1-2-3-10(17)15-16-11(18)14-9-5-4-7(12)6-8(9)13/h4-6H,2-3H2,1H3,(H,15,17)(H2,14,16,18). The third kappa shape index (κ3) is 4.62. The van der Waals surface area contributed by atoms with Gasteiger partial charge in [-0.15, -0.1) is 0 Å². The molecule has 1 aromatic carbocycles. The predicted molar refractivity (Wildman–Crippen MR) is 68.8 cm³/mol. The molecule has 0 radical (unpaired) electrons. The van der Waals surface area contributed by atoms with E-state index >= 15 is 0 Å². The van der Waals surface area contributed by atoms with E-state index in [9.17, 15) is 13.6 Å². The van der Waals surface area contributed by atoms with Crippen LogP contribution in [0.4, 0.5) is 14.5 Å². The first-order valence-corrected chi connectivity index (χ1v) is 5.74. The lowest BCUT2D eigenvalue weighted by Crippen LogP contribution is -2.43. The van der Waals surface area contributed by atoms with Crippen LogP contribution >= 0.6 is 12.2 Å². The minimum Gasteiger partial charge on any atom is -0.329 e. The first-order chi connectivity index (χ1) is 8.52. The number of hydrogen-bond acceptors (Lipinski definition) is 2. The normalized spacial score (nSPS) is 9.72. The Morgan fingerprint density at radius 1 is 1.33 bits per heavy atom. The molecule has 0 saturated heterocycles. The highest BCUT2D eigenvalue weighted by Gasteiger charge is 2.06. The molecule has 1 aromatic rings. The number of nitrogens with one attached hydrogen (secondary N) is 3. The van der Waals surface area contributed by atoms with E-state index < -0.39 is 11.6 Å². The molecule has 3 N–H and O–H groups in total. The SMILES string of the molecule is CCCC(=O)NNC(=S)Nc1ccc(F)cc1F. The maximum atomic E-state index is 13.3. The Labute approximate surface area is 109 Å². The molecular formula is C11H13F2N3OS. The van der Waals surface area contributed by atoms with Crippen LogP contribution in [0.25, 0.3) is 0 Å². The molecule has 0 aliphatic rings. The van der Waals surface area contributed by atoms with Gasteiger partial charge in [-0.1, -0.05) is 6.92 Å². The van der Waals surface area contributed by atoms with E-state index in [2.05, 4.69) is 16.2 Å². The summed E-state index contributed by atoms with van der Waals surface area (Å²) >= 11 is 4.83. The fraction of sp³-hybridized carbons (Fsp3) is 0.273. The molecule has 0 aromatic heterocycles. The maximum absolute atomic E-state index is 13.3. The van der Waals surface area contributed by atoms with E-state index in [0.29, 0.717) is 12.8 Å². The molecule has 7 heteroatoms. The zero-order valence-corrected chi connectivity index (χ0v) is 10.5. The third-order valence-corrected chi connectivity index (χ3v) is 2.18. The van der Waals surface area contributed by atoms with E-state index in [1.807, 2.05) is 6.92 Å². The highest BCUT2D eigenvalue weighted by Crippen LogP contribution is 2.14. The van der Waals surface area contributed by atoms with Crippen LogP contribution in [0.5, 0.6) is 0 Å². The van der Waals surface area contributed by atoms with Gasteiger partial charge in [0, 0.05) is 12.5 Å². The van der Waals surface area contributed by atoms with Gasteiger partial charge in [-0.25, -0.2) is 8.78 Å². The average molecular weight is 273 g/mol. The van der Waals surface area contributed by atoms with Crippen molar-refractivity contribution in [1.82, 2.24) is 10.9 Å². The lowest BCUT2D eigenvalue weighted by Gasteiger charge is -2.11. The summed E-state index contributed by atoms with van der Waals surface area (Å²) in [5, 5.41) is 2.52. The third-order valence-electron chi connectivity index (χ3n) is 1.97. The molecule has 1 amide bonds. The Hall–Kier alpha value is -1.76. The van der Waals surface area contributed by atoms with Crippen LogP contribution in [0.3, 0.4) is 0 Å². The Kier molecular flexibility index (Phi) is 5.44. The van der Waals surface area contributed by atoms with E-state index in [1.165, 1.54) is 6.07 Å². The van der Waals surface area contributed by atoms with Crippen molar-refractivity contribution in [1.29, 1.82) is 0 Å². The molecule has 1 rings (SSSR count). The molecule has 0 unspecified atom stereocenters. The second-order valence-corrected chi connectivity index (χ2v) is 3.91. The second-order valence-electron chi connectivity index (χ2n) is 3.50. The summed E-state index contributed by atoms with van der Waals surface area (Å²) in [6.45, 7) is 1.87. The van der Waals surface area contributed by atoms with Crippen LogP contribution in [0.15, 0.2) is 18.2 Å². The van der Waals surface area contributed by atoms with Gasteiger partial charge >= 0.3 is 0 Å². The number of hydrazine groups is 1. The summed E-state index contributed by atoms with van der Waals surface area (Å²) in [5.74, 6) is -1.66. The van der Waals surface area contributed by atoms with E-state index in [0.717, 1.165) is 12.1 Å². The summed E-state index contributed by atoms with van der Waals surface area (Å²) in [6, 6.07) is 3.05. The van der Waals surface area contributed by atoms with Crippen molar-refractivity contribution in [3.8, 4) is 0 Å². The Bertz CT molecular complexity index is 454. The Balaban J connectivity index is 2.47. The zero-order valence-electron chi connectivity index (χ0n) is 9.72. The monoisotopic (exact) mass is 273 g/mol. The van der Waals surface area contributed by atoms with Gasteiger partial charge in [0.15, 0.2) is 5.11 Å². The highest BCUT2D eigenvalue weighted by molar-refractivity contribution is 7.80. The lowest BCUT2D eigenvalue weighted by atomic mass is 10.3. The largest absolute Gasteiger partial charge is 0.329 e. The Morgan fingerprint density at radius 3 is 2.67 bits per heavy atom. The molecular weight excluding hydrogens is 260 g/mol. The quantitative estimate of drug-likeness (QED) is 0.583. The van der Waals surface area contributed by atoms with E-state index in [4.69, 9.17) is 12.2 Å². The topological polar surface area (TPSA) is 53.2 Å². The predicted octanol–water partition coefficient (Wildman–Crippen LogP) is 2.08. The van der Waals surface area contributed by atoms with Crippen LogP contribution in [0.2, 0.25) is 0 Å². The number of thiocarbonyl (C=S) groups is 1. The first-order valence-electron chi connectivity index (χ1n) is 5.33. The van der Waals surface area contributed by atoms with E-state index in [-0.39, 0.29) is 16.7 Å². The maximum Gasteiger partial charge on any atom is 0.238 e. The minimum atomic E-state index is -0.765. The van der Waals surface area contributed by atoms with Gasteiger partial charge in [0.05, 0.1) is 5.69 Å². The average Bonchev–Trinajstić information content (AvgIpc) is 2.31. The van der Waals surface area contributed by atoms with Crippen molar-refractivity contribution >= 4 is 28.9 Å². The molecule has 0 bridgehead atoms. The number of hydrogen-bond donors (Lipinski definition) is 3. The van der Waals surface area contributed by atoms with Gasteiger partial charge in [-0.05, 0) is 30.8 Å². The summed E-state index contributed by atoms with van der Waals surface area (Å²) in [6.07, 6.45) is 1.07. The molecule has 18 heavy (non-hydrogen) atoms. The fourth-order valence-corrected chi connectivity index (χ4v) is 1.32. The number of halogens is 2. The number of benzene rings is 1. The highest BCUT2D eigenvalue weighted by atomic mass is 32.1. The van der Waals surface area contributed by atoms with Gasteiger partial charge in [0.1, 0.15) is 11.6 Å². The summed E-state index contributed by atoms with van der Waals surface area (Å²) in [4.78, 5) is 11.1. The smallest absolute Gasteiger partial charge is 0.238 e. The zero-order chi connectivity index (χ0) is 13.5. The van der Waals surface area contributed by atoms with Crippen molar-refractivity contribution in [2.45, 2.75) is 19.8 Å². The molecule has 0 fully saturated rings. The number of carbonyl (C=O) groups excluding carboxylic acids is 1. The van der Waals surface area contributed by atoms with Gasteiger partial charge in [-0.2, -0.15) is 0 Å². The molecule has 0 saturated carbocycles. The fourth-order valence-electron chi connectivity index (χ4n) is 1.16. The summed E-state index contributed by atoms with van der Waals surface area (Å²) in [7, 11) is 0. The van der Waals surface area contributed by atoms with Crippen molar-refractivity contribution in [3.63, 3.8) is 0 Å². The molecule has 0 aliphatic heterocycles. The van der Waals surface area contributed by atoms with Gasteiger partial charge < -0.3 is 5.32 Å². The molecule has 98 valence electrons. The molecule has 0 spiro atoms. The summed E-state index contributed by atoms with van der Waals surface area (Å²) < 4.78 is 25.9. The van der Waals surface area contributed by atoms with Gasteiger partial charge in [0.25, 0.3) is 0 Å². The number of carbonyl (C=O) groups is 1. The van der Waals surface area contributed by atoms with Crippen LogP contribution in [0, 0.1) is 11.6 Å². The second kappa shape index (κ2) is 6.85. The van der Waals surface area contributed by atoms with E-state index in [1.54, 1.807) is 0 Å². The molecule has 0 heterocycles. The van der Waals surface area contributed by atoms with Crippen molar-refractivity contribution in [2.75, 3.05) is 5.32 Å². The lowest BCUT2D eigenvalue weighted by molar-refractivity contribution is -0.121.